The van der Waals surface area contributed by atoms with Crippen molar-refractivity contribution >= 4 is 21.7 Å². The highest BCUT2D eigenvalue weighted by atomic mass is 32.2. The van der Waals surface area contributed by atoms with Crippen LogP contribution in [0.1, 0.15) is 25.3 Å². The fourth-order valence-corrected chi connectivity index (χ4v) is 4.31. The van der Waals surface area contributed by atoms with Gasteiger partial charge in [0.1, 0.15) is 0 Å². The molecule has 1 aromatic rings. The number of hydrogen-bond acceptors (Lipinski definition) is 4. The molecule has 1 heterocycles. The van der Waals surface area contributed by atoms with Crippen LogP contribution < -0.4 is 4.31 Å². The third-order valence-corrected chi connectivity index (χ3v) is 5.47. The summed E-state index contributed by atoms with van der Waals surface area (Å²) in [6.07, 6.45) is 1.30. The van der Waals surface area contributed by atoms with Gasteiger partial charge in [-0.2, -0.15) is 0 Å². The van der Waals surface area contributed by atoms with Gasteiger partial charge in [0.15, 0.2) is 0 Å². The molecule has 1 atom stereocenters. The van der Waals surface area contributed by atoms with Crippen LogP contribution in [0.4, 0.5) is 5.69 Å². The summed E-state index contributed by atoms with van der Waals surface area (Å²) in [7, 11) is -2.10. The molecular weight excluding hydrogens is 290 g/mol. The lowest BCUT2D eigenvalue weighted by molar-refractivity contribution is -0.140. The highest BCUT2D eigenvalue weighted by molar-refractivity contribution is 7.92. The molecule has 0 N–H and O–H groups in total. The van der Waals surface area contributed by atoms with Gasteiger partial charge in [0, 0.05) is 13.0 Å². The number of rotatable bonds is 5. The van der Waals surface area contributed by atoms with Crippen LogP contribution in [0.25, 0.3) is 0 Å². The number of hydrogen-bond donors (Lipinski definition) is 0. The first-order valence-electron chi connectivity index (χ1n) is 7.09. The molecule has 6 heteroatoms. The monoisotopic (exact) mass is 311 g/mol. The Morgan fingerprint density at radius 2 is 2.10 bits per heavy atom. The summed E-state index contributed by atoms with van der Waals surface area (Å²) in [5.74, 6) is -0.128. The van der Waals surface area contributed by atoms with Gasteiger partial charge < -0.3 is 4.74 Å². The van der Waals surface area contributed by atoms with E-state index in [1.54, 1.807) is 0 Å². The van der Waals surface area contributed by atoms with E-state index in [2.05, 4.69) is 4.74 Å². The van der Waals surface area contributed by atoms with E-state index in [0.29, 0.717) is 6.54 Å². The van der Waals surface area contributed by atoms with E-state index in [9.17, 15) is 13.2 Å². The van der Waals surface area contributed by atoms with Gasteiger partial charge in [-0.15, -0.1) is 0 Å². The third-order valence-electron chi connectivity index (χ3n) is 3.65. The van der Waals surface area contributed by atoms with Crippen LogP contribution in [0.2, 0.25) is 0 Å². The molecule has 116 valence electrons. The number of anilines is 1. The second kappa shape index (κ2) is 6.47. The molecule has 0 aliphatic carbocycles. The lowest BCUT2D eigenvalue weighted by atomic mass is 9.96. The highest BCUT2D eigenvalue weighted by Gasteiger charge is 2.30. The van der Waals surface area contributed by atoms with Gasteiger partial charge in [-0.05, 0) is 30.4 Å². The minimum atomic E-state index is -3.41. The lowest BCUT2D eigenvalue weighted by Gasteiger charge is -2.33. The zero-order valence-electron chi connectivity index (χ0n) is 12.4. The largest absolute Gasteiger partial charge is 0.469 e. The number of fused-ring (bicyclic) bond motifs is 1. The van der Waals surface area contributed by atoms with Crippen molar-refractivity contribution in [2.75, 3.05) is 23.7 Å². The highest BCUT2D eigenvalue weighted by Crippen LogP contribution is 2.31. The summed E-state index contributed by atoms with van der Waals surface area (Å²) in [5.41, 5.74) is 1.83. The molecule has 1 aromatic carbocycles. The Morgan fingerprint density at radius 1 is 1.38 bits per heavy atom. The molecule has 0 saturated carbocycles. The molecule has 1 unspecified atom stereocenters. The summed E-state index contributed by atoms with van der Waals surface area (Å²) < 4.78 is 31.1. The fraction of sp³-hybridized carbons (Fsp3) is 0.533. The van der Waals surface area contributed by atoms with Crippen molar-refractivity contribution in [1.82, 2.24) is 0 Å². The van der Waals surface area contributed by atoms with Crippen LogP contribution >= 0.6 is 0 Å². The summed E-state index contributed by atoms with van der Waals surface area (Å²) in [6, 6.07) is 7.60. The van der Waals surface area contributed by atoms with E-state index in [0.717, 1.165) is 17.7 Å². The number of esters is 1. The van der Waals surface area contributed by atoms with Crippen LogP contribution in [0, 0.1) is 5.92 Å². The van der Waals surface area contributed by atoms with E-state index in [4.69, 9.17) is 0 Å². The Hall–Kier alpha value is -1.56. The van der Waals surface area contributed by atoms with E-state index in [1.807, 2.05) is 31.2 Å². The first-order valence-corrected chi connectivity index (χ1v) is 8.70. The molecule has 0 aromatic heterocycles. The van der Waals surface area contributed by atoms with E-state index < -0.39 is 10.0 Å². The third kappa shape index (κ3) is 3.75. The molecule has 1 aliphatic rings. The van der Waals surface area contributed by atoms with Gasteiger partial charge in [0.2, 0.25) is 10.0 Å². The molecule has 0 spiro atoms. The van der Waals surface area contributed by atoms with Crippen molar-refractivity contribution in [2.24, 2.45) is 5.92 Å². The van der Waals surface area contributed by atoms with Gasteiger partial charge in [0.25, 0.3) is 0 Å². The maximum atomic E-state index is 12.5. The Labute approximate surface area is 126 Å². The number of nitrogens with zero attached hydrogens (tertiary/aromatic N) is 1. The number of methoxy groups -OCH3 is 1. The minimum absolute atomic E-state index is 0.0385. The maximum absolute atomic E-state index is 12.5. The van der Waals surface area contributed by atoms with Gasteiger partial charge >= 0.3 is 5.97 Å². The SMILES string of the molecule is COC(=O)CCCS(=O)(=O)N1CC(C)Cc2ccccc21. The number of para-hydroxylation sites is 1. The maximum Gasteiger partial charge on any atom is 0.305 e. The van der Waals surface area contributed by atoms with Gasteiger partial charge in [-0.25, -0.2) is 8.42 Å². The van der Waals surface area contributed by atoms with Crippen LogP contribution in [0.15, 0.2) is 24.3 Å². The molecule has 0 bridgehead atoms. The van der Waals surface area contributed by atoms with Gasteiger partial charge in [-0.3, -0.25) is 9.10 Å². The smallest absolute Gasteiger partial charge is 0.305 e. The lowest BCUT2D eigenvalue weighted by Crippen LogP contribution is -2.40. The Morgan fingerprint density at radius 3 is 2.81 bits per heavy atom. The Kier molecular flexibility index (Phi) is 4.88. The Balaban J connectivity index is 2.14. The van der Waals surface area contributed by atoms with Crippen LogP contribution in [-0.4, -0.2) is 33.8 Å². The second-order valence-corrected chi connectivity index (χ2v) is 7.48. The topological polar surface area (TPSA) is 63.7 Å². The summed E-state index contributed by atoms with van der Waals surface area (Å²) in [6.45, 7) is 2.55. The molecule has 0 saturated heterocycles. The summed E-state index contributed by atoms with van der Waals surface area (Å²) in [5, 5.41) is 0. The summed E-state index contributed by atoms with van der Waals surface area (Å²) in [4.78, 5) is 11.1. The molecule has 0 radical (unpaired) electrons. The molecule has 1 aliphatic heterocycles. The van der Waals surface area contributed by atoms with Gasteiger partial charge in [0.05, 0.1) is 18.6 Å². The molecule has 0 amide bonds. The zero-order valence-corrected chi connectivity index (χ0v) is 13.2. The van der Waals surface area contributed by atoms with Crippen molar-refractivity contribution in [3.63, 3.8) is 0 Å². The number of ether oxygens (including phenoxy) is 1. The quantitative estimate of drug-likeness (QED) is 0.780. The van der Waals surface area contributed by atoms with E-state index in [1.165, 1.54) is 11.4 Å². The first kappa shape index (κ1) is 15.8. The number of benzene rings is 1. The number of carbonyl (C=O) groups excluding carboxylic acids is 1. The fourth-order valence-electron chi connectivity index (χ4n) is 2.62. The van der Waals surface area contributed by atoms with Crippen LogP contribution in [0.3, 0.4) is 0 Å². The molecule has 0 fully saturated rings. The van der Waals surface area contributed by atoms with Crippen molar-refractivity contribution in [3.05, 3.63) is 29.8 Å². The van der Waals surface area contributed by atoms with Crippen molar-refractivity contribution in [3.8, 4) is 0 Å². The molecular formula is C15H21NO4S. The predicted octanol–water partition coefficient (Wildman–Crippen LogP) is 1.97. The molecule has 2 rings (SSSR count). The minimum Gasteiger partial charge on any atom is -0.469 e. The van der Waals surface area contributed by atoms with Crippen LogP contribution in [-0.2, 0) is 26.0 Å². The Bertz CT molecular complexity index is 612. The second-order valence-electron chi connectivity index (χ2n) is 5.46. The zero-order chi connectivity index (χ0) is 15.5. The standard InChI is InChI=1S/C15H21NO4S/c1-12-10-13-6-3-4-7-14(13)16(11-12)21(18,19)9-5-8-15(17)20-2/h3-4,6-7,12H,5,8-11H2,1-2H3. The first-order chi connectivity index (χ1) is 9.94. The number of sulfonamides is 1. The molecule has 21 heavy (non-hydrogen) atoms. The van der Waals surface area contributed by atoms with E-state index >= 15 is 0 Å². The van der Waals surface area contributed by atoms with Crippen molar-refractivity contribution in [1.29, 1.82) is 0 Å². The van der Waals surface area contributed by atoms with Crippen LogP contribution in [0.5, 0.6) is 0 Å². The summed E-state index contributed by atoms with van der Waals surface area (Å²) >= 11 is 0. The predicted molar refractivity (Wildman–Crippen MR) is 81.7 cm³/mol. The molecule has 5 nitrogen and oxygen atoms in total. The van der Waals surface area contributed by atoms with Crippen molar-refractivity contribution < 1.29 is 17.9 Å². The average Bonchev–Trinajstić information content (AvgIpc) is 2.45. The normalized spacial score (nSPS) is 18.2. The van der Waals surface area contributed by atoms with E-state index in [-0.39, 0.29) is 30.5 Å². The number of carbonyl (C=O) groups is 1. The van der Waals surface area contributed by atoms with Crippen molar-refractivity contribution in [2.45, 2.75) is 26.2 Å². The average molecular weight is 311 g/mol. The van der Waals surface area contributed by atoms with Gasteiger partial charge in [-0.1, -0.05) is 25.1 Å².